The average Bonchev–Trinajstić information content (AvgIpc) is 2.00. The van der Waals surface area contributed by atoms with Gasteiger partial charge in [0.15, 0.2) is 0 Å². The molecule has 64 valence electrons. The molecular formula is C7H6Cl2N2O. The van der Waals surface area contributed by atoms with Crippen LogP contribution in [0.25, 0.3) is 0 Å². The van der Waals surface area contributed by atoms with Crippen LogP contribution in [0.3, 0.4) is 0 Å². The van der Waals surface area contributed by atoms with Gasteiger partial charge in [-0.15, -0.1) is 0 Å². The molecule has 0 saturated carbocycles. The second-order valence-electron chi connectivity index (χ2n) is 2.10. The Labute approximate surface area is 79.4 Å². The van der Waals surface area contributed by atoms with E-state index in [1.807, 2.05) is 0 Å². The molecule has 0 atom stereocenters. The minimum atomic E-state index is -0.0738. The zero-order valence-corrected chi connectivity index (χ0v) is 7.47. The zero-order chi connectivity index (χ0) is 9.14. The number of benzene rings is 1. The summed E-state index contributed by atoms with van der Waals surface area (Å²) in [7, 11) is 0. The summed E-state index contributed by atoms with van der Waals surface area (Å²) in [5, 5.41) is 13.2. The van der Waals surface area contributed by atoms with Crippen LogP contribution in [0, 0.1) is 0 Å². The number of phenols is 1. The SMILES string of the molecule is N/N=C\c1cc(Cl)cc(Cl)c1O. The number of phenolic OH excluding ortho intramolecular Hbond substituents is 1. The standard InChI is InChI=1S/C7H6Cl2N2O/c8-5-1-4(3-11-10)7(12)6(9)2-5/h1-3,12H,10H2/b11-3-. The molecular weight excluding hydrogens is 199 g/mol. The van der Waals surface area contributed by atoms with Gasteiger partial charge in [-0.05, 0) is 12.1 Å². The maximum atomic E-state index is 9.32. The van der Waals surface area contributed by atoms with Crippen LogP contribution < -0.4 is 5.84 Å². The second kappa shape index (κ2) is 3.65. The maximum absolute atomic E-state index is 9.32. The van der Waals surface area contributed by atoms with Crippen molar-refractivity contribution in [2.75, 3.05) is 0 Å². The summed E-state index contributed by atoms with van der Waals surface area (Å²) in [6.45, 7) is 0. The zero-order valence-electron chi connectivity index (χ0n) is 5.96. The predicted molar refractivity (Wildman–Crippen MR) is 49.9 cm³/mol. The van der Waals surface area contributed by atoms with Gasteiger partial charge in [0.1, 0.15) is 5.75 Å². The fourth-order valence-corrected chi connectivity index (χ4v) is 1.27. The van der Waals surface area contributed by atoms with E-state index in [0.717, 1.165) is 0 Å². The molecule has 12 heavy (non-hydrogen) atoms. The van der Waals surface area contributed by atoms with Gasteiger partial charge >= 0.3 is 0 Å². The Morgan fingerprint density at radius 1 is 1.42 bits per heavy atom. The molecule has 0 aliphatic rings. The van der Waals surface area contributed by atoms with Gasteiger partial charge in [-0.2, -0.15) is 5.10 Å². The average molecular weight is 205 g/mol. The molecule has 0 bridgehead atoms. The van der Waals surface area contributed by atoms with Crippen molar-refractivity contribution in [3.63, 3.8) is 0 Å². The molecule has 0 aliphatic carbocycles. The molecule has 0 saturated heterocycles. The van der Waals surface area contributed by atoms with Gasteiger partial charge in [0.25, 0.3) is 0 Å². The van der Waals surface area contributed by atoms with E-state index in [0.29, 0.717) is 10.6 Å². The fourth-order valence-electron chi connectivity index (χ4n) is 0.765. The molecule has 1 aromatic carbocycles. The highest BCUT2D eigenvalue weighted by molar-refractivity contribution is 6.36. The van der Waals surface area contributed by atoms with Gasteiger partial charge < -0.3 is 10.9 Å². The first-order chi connectivity index (χ1) is 5.65. The van der Waals surface area contributed by atoms with Gasteiger partial charge in [-0.1, -0.05) is 23.2 Å². The van der Waals surface area contributed by atoms with Gasteiger partial charge in [0.05, 0.1) is 11.2 Å². The van der Waals surface area contributed by atoms with Crippen LogP contribution in [-0.2, 0) is 0 Å². The van der Waals surface area contributed by atoms with Crippen LogP contribution in [0.15, 0.2) is 17.2 Å². The molecule has 3 nitrogen and oxygen atoms in total. The summed E-state index contributed by atoms with van der Waals surface area (Å²) >= 11 is 11.3. The van der Waals surface area contributed by atoms with Crippen molar-refractivity contribution >= 4 is 29.4 Å². The van der Waals surface area contributed by atoms with E-state index in [1.165, 1.54) is 18.3 Å². The molecule has 1 rings (SSSR count). The van der Waals surface area contributed by atoms with Crippen molar-refractivity contribution in [3.05, 3.63) is 27.7 Å². The number of hydrogen-bond acceptors (Lipinski definition) is 3. The Hall–Kier alpha value is -0.930. The Kier molecular flexibility index (Phi) is 2.78. The van der Waals surface area contributed by atoms with Crippen LogP contribution in [0.4, 0.5) is 0 Å². The smallest absolute Gasteiger partial charge is 0.143 e. The molecule has 5 heteroatoms. The summed E-state index contributed by atoms with van der Waals surface area (Å²) < 4.78 is 0. The first-order valence-corrected chi connectivity index (χ1v) is 3.82. The second-order valence-corrected chi connectivity index (χ2v) is 2.95. The minimum Gasteiger partial charge on any atom is -0.506 e. The number of hydrogen-bond donors (Lipinski definition) is 2. The lowest BCUT2D eigenvalue weighted by atomic mass is 10.2. The highest BCUT2D eigenvalue weighted by Gasteiger charge is 2.05. The molecule has 0 unspecified atom stereocenters. The summed E-state index contributed by atoms with van der Waals surface area (Å²) in [6, 6.07) is 2.95. The predicted octanol–water partition coefficient (Wildman–Crippen LogP) is 1.99. The lowest BCUT2D eigenvalue weighted by Crippen LogP contribution is -1.87. The Bertz CT molecular complexity index is 325. The van der Waals surface area contributed by atoms with E-state index in [-0.39, 0.29) is 10.8 Å². The lowest BCUT2D eigenvalue weighted by Gasteiger charge is -2.00. The van der Waals surface area contributed by atoms with Gasteiger partial charge in [-0.25, -0.2) is 0 Å². The van der Waals surface area contributed by atoms with Crippen LogP contribution >= 0.6 is 23.2 Å². The maximum Gasteiger partial charge on any atom is 0.143 e. The molecule has 0 aromatic heterocycles. The molecule has 0 amide bonds. The minimum absolute atomic E-state index is 0.0738. The normalized spacial score (nSPS) is 10.8. The highest BCUT2D eigenvalue weighted by atomic mass is 35.5. The van der Waals surface area contributed by atoms with Crippen molar-refractivity contribution in [2.24, 2.45) is 10.9 Å². The van der Waals surface area contributed by atoms with Crippen LogP contribution in [0.5, 0.6) is 5.75 Å². The summed E-state index contributed by atoms with van der Waals surface area (Å²) in [5.74, 6) is 4.83. The first-order valence-electron chi connectivity index (χ1n) is 3.06. The summed E-state index contributed by atoms with van der Waals surface area (Å²) in [4.78, 5) is 0. The topological polar surface area (TPSA) is 58.6 Å². The summed E-state index contributed by atoms with van der Waals surface area (Å²) in [6.07, 6.45) is 1.27. The summed E-state index contributed by atoms with van der Waals surface area (Å²) in [5.41, 5.74) is 0.398. The molecule has 0 spiro atoms. The van der Waals surface area contributed by atoms with Crippen molar-refractivity contribution in [1.29, 1.82) is 0 Å². The molecule has 0 aliphatic heterocycles. The Morgan fingerprint density at radius 2 is 2.08 bits per heavy atom. The number of rotatable bonds is 1. The number of hydrazone groups is 1. The fraction of sp³-hybridized carbons (Fsp3) is 0. The number of nitrogens with two attached hydrogens (primary N) is 1. The number of aromatic hydroxyl groups is 1. The van der Waals surface area contributed by atoms with E-state index in [9.17, 15) is 5.11 Å². The van der Waals surface area contributed by atoms with Crippen molar-refractivity contribution < 1.29 is 5.11 Å². The number of nitrogens with zero attached hydrogens (tertiary/aromatic N) is 1. The largest absolute Gasteiger partial charge is 0.506 e. The monoisotopic (exact) mass is 204 g/mol. The van der Waals surface area contributed by atoms with E-state index in [1.54, 1.807) is 0 Å². The molecule has 1 aromatic rings. The molecule has 0 heterocycles. The quantitative estimate of drug-likeness (QED) is 0.418. The third-order valence-electron chi connectivity index (χ3n) is 1.27. The third kappa shape index (κ3) is 1.81. The number of halogens is 2. The Balaban J connectivity index is 3.27. The van der Waals surface area contributed by atoms with E-state index >= 15 is 0 Å². The van der Waals surface area contributed by atoms with E-state index in [2.05, 4.69) is 5.10 Å². The molecule has 0 fully saturated rings. The molecule has 3 N–H and O–H groups in total. The van der Waals surface area contributed by atoms with Crippen LogP contribution in [0.2, 0.25) is 10.0 Å². The van der Waals surface area contributed by atoms with Gasteiger partial charge in [0, 0.05) is 10.6 Å². The van der Waals surface area contributed by atoms with Crippen LogP contribution in [-0.4, -0.2) is 11.3 Å². The van der Waals surface area contributed by atoms with Crippen molar-refractivity contribution in [3.8, 4) is 5.75 Å². The van der Waals surface area contributed by atoms with E-state index in [4.69, 9.17) is 29.0 Å². The first kappa shape index (κ1) is 9.16. The van der Waals surface area contributed by atoms with Gasteiger partial charge in [0.2, 0.25) is 0 Å². The molecule has 0 radical (unpaired) electrons. The highest BCUT2D eigenvalue weighted by Crippen LogP contribution is 2.29. The van der Waals surface area contributed by atoms with Crippen molar-refractivity contribution in [2.45, 2.75) is 0 Å². The van der Waals surface area contributed by atoms with Gasteiger partial charge in [-0.3, -0.25) is 0 Å². The van der Waals surface area contributed by atoms with Crippen molar-refractivity contribution in [1.82, 2.24) is 0 Å². The van der Waals surface area contributed by atoms with E-state index < -0.39 is 0 Å². The lowest BCUT2D eigenvalue weighted by molar-refractivity contribution is 0.474. The Morgan fingerprint density at radius 3 is 2.67 bits per heavy atom. The third-order valence-corrected chi connectivity index (χ3v) is 1.78. The van der Waals surface area contributed by atoms with Crippen LogP contribution in [0.1, 0.15) is 5.56 Å².